The van der Waals surface area contributed by atoms with Gasteiger partial charge in [0.2, 0.25) is 0 Å². The summed E-state index contributed by atoms with van der Waals surface area (Å²) in [5.74, 6) is 3.48. The molecule has 3 N–H and O–H groups in total. The number of hydrogen-bond donors (Lipinski definition) is 2. The fraction of sp³-hybridized carbons (Fsp3) is 0.386. The van der Waals surface area contributed by atoms with Crippen molar-refractivity contribution in [3.05, 3.63) is 118 Å². The summed E-state index contributed by atoms with van der Waals surface area (Å²) in [4.78, 5) is 42.8. The van der Waals surface area contributed by atoms with Crippen LogP contribution in [0.15, 0.2) is 107 Å². The molecule has 294 valence electrons. The number of para-hydroxylation sites is 1. The van der Waals surface area contributed by atoms with Crippen molar-refractivity contribution in [1.29, 1.82) is 0 Å². The molecule has 13 nitrogen and oxygen atoms in total. The van der Waals surface area contributed by atoms with Gasteiger partial charge in [0, 0.05) is 62.8 Å². The average Bonchev–Trinajstić information content (AvgIpc) is 3.64. The number of hydrogen-bond acceptors (Lipinski definition) is 10. The highest BCUT2D eigenvalue weighted by Gasteiger charge is 2.29. The van der Waals surface area contributed by atoms with E-state index in [1.165, 1.54) is 74.4 Å². The third kappa shape index (κ3) is 8.21. The van der Waals surface area contributed by atoms with Gasteiger partial charge in [-0.3, -0.25) is 14.3 Å². The topological polar surface area (TPSA) is 143 Å². The maximum absolute atomic E-state index is 12.2. The molecule has 3 aromatic heterocycles. The molecule has 6 heterocycles. The van der Waals surface area contributed by atoms with Gasteiger partial charge in [0.25, 0.3) is 5.56 Å². The van der Waals surface area contributed by atoms with E-state index in [9.17, 15) is 9.59 Å². The molecular weight excluding hydrogens is 717 g/mol. The third-order valence-corrected chi connectivity index (χ3v) is 12.2. The second-order valence-corrected chi connectivity index (χ2v) is 15.9. The van der Waals surface area contributed by atoms with Gasteiger partial charge in [0.15, 0.2) is 5.65 Å². The average molecular weight is 767 g/mol. The van der Waals surface area contributed by atoms with Crippen LogP contribution >= 0.6 is 0 Å². The molecule has 6 aromatic rings. The van der Waals surface area contributed by atoms with E-state index < -0.39 is 5.69 Å². The Hall–Kier alpha value is -5.79. The predicted octanol–water partition coefficient (Wildman–Crippen LogP) is 5.97. The summed E-state index contributed by atoms with van der Waals surface area (Å²) in [6, 6.07) is 27.4. The van der Waals surface area contributed by atoms with Crippen LogP contribution in [0.3, 0.4) is 0 Å². The number of ether oxygens (including phenoxy) is 1. The second-order valence-electron chi connectivity index (χ2n) is 15.9. The number of piperidine rings is 3. The molecule has 0 amide bonds. The predicted molar refractivity (Wildman–Crippen MR) is 223 cm³/mol. The normalized spacial score (nSPS) is 18.0. The molecule has 57 heavy (non-hydrogen) atoms. The zero-order chi connectivity index (χ0) is 38.7. The minimum atomic E-state index is -0.424. The number of aromatic nitrogens is 6. The number of benzene rings is 3. The van der Waals surface area contributed by atoms with Crippen LogP contribution in [-0.2, 0) is 0 Å². The fourth-order valence-electron chi connectivity index (χ4n) is 9.00. The molecule has 0 aliphatic carbocycles. The van der Waals surface area contributed by atoms with E-state index in [0.717, 1.165) is 90.3 Å². The van der Waals surface area contributed by atoms with Crippen LogP contribution in [0.2, 0.25) is 0 Å². The molecule has 3 saturated heterocycles. The fourth-order valence-corrected chi connectivity index (χ4v) is 9.00. The number of H-pyrrole nitrogens is 1. The van der Waals surface area contributed by atoms with Crippen LogP contribution in [0.1, 0.15) is 44.6 Å². The zero-order valence-corrected chi connectivity index (χ0v) is 32.2. The largest absolute Gasteiger partial charge is 0.457 e. The minimum Gasteiger partial charge on any atom is -0.457 e. The Morgan fingerprint density at radius 1 is 0.684 bits per heavy atom. The number of anilines is 2. The van der Waals surface area contributed by atoms with Crippen LogP contribution in [0.25, 0.3) is 28.0 Å². The van der Waals surface area contributed by atoms with Crippen molar-refractivity contribution in [3.63, 3.8) is 0 Å². The maximum Gasteiger partial charge on any atom is 0.332 e. The van der Waals surface area contributed by atoms with Crippen LogP contribution in [0, 0.1) is 11.8 Å². The Morgan fingerprint density at radius 2 is 1.30 bits per heavy atom. The monoisotopic (exact) mass is 766 g/mol. The molecule has 9 rings (SSSR count). The van der Waals surface area contributed by atoms with E-state index in [1.54, 1.807) is 6.33 Å². The van der Waals surface area contributed by atoms with Crippen molar-refractivity contribution in [2.45, 2.75) is 44.6 Å². The van der Waals surface area contributed by atoms with Crippen molar-refractivity contribution in [2.75, 3.05) is 63.0 Å². The van der Waals surface area contributed by atoms with E-state index in [0.29, 0.717) is 5.82 Å². The molecule has 3 aromatic carbocycles. The number of nitrogens with one attached hydrogen (secondary N) is 1. The van der Waals surface area contributed by atoms with E-state index in [4.69, 9.17) is 15.6 Å². The number of fused-ring (bicyclic) bond motifs is 1. The number of aromatic amines is 1. The third-order valence-electron chi connectivity index (χ3n) is 12.2. The lowest BCUT2D eigenvalue weighted by atomic mass is 9.92. The first-order valence-electron chi connectivity index (χ1n) is 20.4. The molecule has 0 unspecified atom stereocenters. The van der Waals surface area contributed by atoms with Crippen molar-refractivity contribution >= 4 is 22.5 Å². The Kier molecular flexibility index (Phi) is 10.6. The highest BCUT2D eigenvalue weighted by molar-refractivity contribution is 5.98. The summed E-state index contributed by atoms with van der Waals surface area (Å²) in [5.41, 5.74) is 10.1. The number of nitrogens with two attached hydrogens (primary N) is 1. The SMILES string of the molecule is Nc1ncnc2c1c(-c1ccc(Oc3ccccc3)cc1)nn2C1CCN(CC2CCN(CC3CCN(c4ccc(-n5ccc(=O)[nH]c5=O)cc4)CC3)CC2)CC1. The number of rotatable bonds is 10. The van der Waals surface area contributed by atoms with Gasteiger partial charge in [-0.1, -0.05) is 18.2 Å². The smallest absolute Gasteiger partial charge is 0.332 e. The lowest BCUT2D eigenvalue weighted by molar-refractivity contribution is 0.107. The van der Waals surface area contributed by atoms with Crippen molar-refractivity contribution in [3.8, 4) is 28.4 Å². The molecule has 13 heteroatoms. The lowest BCUT2D eigenvalue weighted by Gasteiger charge is -2.40. The van der Waals surface area contributed by atoms with Gasteiger partial charge in [-0.2, -0.15) is 5.10 Å². The first-order chi connectivity index (χ1) is 27.9. The molecule has 3 aliphatic rings. The Labute approximate surface area is 331 Å². The molecule has 3 fully saturated rings. The molecule has 0 bridgehead atoms. The minimum absolute atomic E-state index is 0.258. The highest BCUT2D eigenvalue weighted by atomic mass is 16.5. The summed E-state index contributed by atoms with van der Waals surface area (Å²) >= 11 is 0. The summed E-state index contributed by atoms with van der Waals surface area (Å²) < 4.78 is 9.58. The van der Waals surface area contributed by atoms with Gasteiger partial charge in [-0.05, 0) is 124 Å². The quantitative estimate of drug-likeness (QED) is 0.171. The van der Waals surface area contributed by atoms with Crippen molar-refractivity contribution in [1.82, 2.24) is 39.1 Å². The Balaban J connectivity index is 0.736. The Morgan fingerprint density at radius 3 is 1.96 bits per heavy atom. The van der Waals surface area contributed by atoms with Crippen LogP contribution < -0.4 is 26.6 Å². The summed E-state index contributed by atoms with van der Waals surface area (Å²) in [6.45, 7) is 8.95. The van der Waals surface area contributed by atoms with Crippen LogP contribution in [0.4, 0.5) is 11.5 Å². The first-order valence-corrected chi connectivity index (χ1v) is 20.4. The summed E-state index contributed by atoms with van der Waals surface area (Å²) in [7, 11) is 0. The summed E-state index contributed by atoms with van der Waals surface area (Å²) in [5, 5.41) is 5.95. The van der Waals surface area contributed by atoms with Crippen LogP contribution in [0.5, 0.6) is 11.5 Å². The number of likely N-dealkylation sites (tertiary alicyclic amines) is 2. The van der Waals surface area contributed by atoms with E-state index in [2.05, 4.69) is 46.5 Å². The van der Waals surface area contributed by atoms with Crippen molar-refractivity contribution < 1.29 is 4.74 Å². The zero-order valence-electron chi connectivity index (χ0n) is 32.2. The molecule has 0 spiro atoms. The molecule has 0 saturated carbocycles. The number of nitrogen functional groups attached to an aromatic ring is 1. The molecule has 0 radical (unpaired) electrons. The van der Waals surface area contributed by atoms with Gasteiger partial charge in [0.05, 0.1) is 17.1 Å². The Bertz CT molecular complexity index is 2390. The first kappa shape index (κ1) is 36.8. The molecule has 3 aliphatic heterocycles. The lowest BCUT2D eigenvalue weighted by Crippen LogP contribution is -2.44. The van der Waals surface area contributed by atoms with E-state index >= 15 is 0 Å². The molecule has 0 atom stereocenters. The van der Waals surface area contributed by atoms with Gasteiger partial charge in [0.1, 0.15) is 29.3 Å². The van der Waals surface area contributed by atoms with E-state index in [-0.39, 0.29) is 11.6 Å². The van der Waals surface area contributed by atoms with Gasteiger partial charge in [-0.15, -0.1) is 0 Å². The summed E-state index contributed by atoms with van der Waals surface area (Å²) in [6.07, 6.45) is 10.0. The van der Waals surface area contributed by atoms with Gasteiger partial charge >= 0.3 is 5.69 Å². The van der Waals surface area contributed by atoms with Crippen LogP contribution in [-0.4, -0.2) is 91.5 Å². The highest BCUT2D eigenvalue weighted by Crippen LogP contribution is 2.36. The molecular formula is C44H50N10O3. The number of nitrogens with zero attached hydrogens (tertiary/aromatic N) is 8. The van der Waals surface area contributed by atoms with E-state index in [1.807, 2.05) is 66.7 Å². The maximum atomic E-state index is 12.2. The second kappa shape index (κ2) is 16.4. The van der Waals surface area contributed by atoms with Gasteiger partial charge in [-0.25, -0.2) is 19.4 Å². The standard InChI is InChI=1S/C44H50N10O3/c45-42-40-41(33-6-12-38(13-7-33)57-37-4-2-1-3-5-37)49-54(43(40)47-30-46-42)36-18-23-51(24-19-36)28-31-14-21-50(22-15-31)29-32-16-25-52(26-17-32)34-8-10-35(11-9-34)53-27-20-39(55)48-44(53)56/h1-13,20,27,30-32,36H,14-19,21-26,28-29H2,(H2,45,46,47)(H,48,55,56). The van der Waals surface area contributed by atoms with Gasteiger partial charge < -0.3 is 25.2 Å². The van der Waals surface area contributed by atoms with Crippen molar-refractivity contribution in [2.24, 2.45) is 11.8 Å².